The Balaban J connectivity index is 1.93. The summed E-state index contributed by atoms with van der Waals surface area (Å²) in [4.78, 5) is 4.50. The Kier molecular flexibility index (Phi) is 5.09. The molecule has 2 nitrogen and oxygen atoms in total. The highest BCUT2D eigenvalue weighted by molar-refractivity contribution is 8.07. The van der Waals surface area contributed by atoms with Crippen molar-refractivity contribution in [2.45, 2.75) is 29.9 Å². The SMILES string of the molecule is CCC1SCCSC1C(NC)c1ccc2cccnc2c1. The molecule has 2 aromatic rings. The van der Waals surface area contributed by atoms with Gasteiger partial charge in [-0.25, -0.2) is 0 Å². The Hall–Kier alpha value is -0.710. The lowest BCUT2D eigenvalue weighted by molar-refractivity contribution is 0.544. The minimum absolute atomic E-state index is 0.402. The second kappa shape index (κ2) is 7.03. The lowest BCUT2D eigenvalue weighted by Crippen LogP contribution is -2.37. The van der Waals surface area contributed by atoms with Crippen LogP contribution in [-0.4, -0.2) is 34.0 Å². The summed E-state index contributed by atoms with van der Waals surface area (Å²) in [5.41, 5.74) is 2.46. The quantitative estimate of drug-likeness (QED) is 0.916. The number of pyridine rings is 1. The van der Waals surface area contributed by atoms with Gasteiger partial charge >= 0.3 is 0 Å². The normalized spacial score (nSPS) is 24.1. The van der Waals surface area contributed by atoms with Crippen LogP contribution in [0, 0.1) is 0 Å². The van der Waals surface area contributed by atoms with Crippen molar-refractivity contribution in [2.75, 3.05) is 18.6 Å². The summed E-state index contributed by atoms with van der Waals surface area (Å²) >= 11 is 4.26. The van der Waals surface area contributed by atoms with Gasteiger partial charge in [0.15, 0.2) is 0 Å². The van der Waals surface area contributed by atoms with E-state index in [0.717, 1.165) is 10.8 Å². The fourth-order valence-corrected chi connectivity index (χ4v) is 6.34. The van der Waals surface area contributed by atoms with E-state index in [0.29, 0.717) is 11.3 Å². The van der Waals surface area contributed by atoms with Crippen molar-refractivity contribution in [3.05, 3.63) is 42.1 Å². The highest BCUT2D eigenvalue weighted by Gasteiger charge is 2.32. The van der Waals surface area contributed by atoms with Gasteiger partial charge in [0, 0.05) is 39.6 Å². The third-order valence-electron chi connectivity index (χ3n) is 4.12. The Morgan fingerprint density at radius 3 is 2.95 bits per heavy atom. The van der Waals surface area contributed by atoms with E-state index < -0.39 is 0 Å². The molecule has 21 heavy (non-hydrogen) atoms. The van der Waals surface area contributed by atoms with Crippen molar-refractivity contribution in [1.29, 1.82) is 0 Å². The zero-order valence-electron chi connectivity index (χ0n) is 12.6. The maximum absolute atomic E-state index is 4.50. The van der Waals surface area contributed by atoms with Crippen LogP contribution >= 0.6 is 23.5 Å². The van der Waals surface area contributed by atoms with Crippen molar-refractivity contribution in [3.8, 4) is 0 Å². The largest absolute Gasteiger partial charge is 0.312 e. The molecule has 0 bridgehead atoms. The van der Waals surface area contributed by atoms with Gasteiger partial charge in [-0.05, 0) is 31.2 Å². The standard InChI is InChI=1S/C17H22N2S2/c1-3-15-17(21-10-9-20-15)16(18-2)13-7-6-12-5-4-8-19-14(12)11-13/h4-8,11,15-18H,3,9-10H2,1-2H3. The van der Waals surface area contributed by atoms with Gasteiger partial charge in [0.05, 0.1) is 5.52 Å². The number of rotatable bonds is 4. The maximum atomic E-state index is 4.50. The highest BCUT2D eigenvalue weighted by Crippen LogP contribution is 2.40. The van der Waals surface area contributed by atoms with Crippen LogP contribution in [0.5, 0.6) is 0 Å². The molecule has 0 aliphatic carbocycles. The number of hydrogen-bond donors (Lipinski definition) is 1. The lowest BCUT2D eigenvalue weighted by Gasteiger charge is -2.36. The summed E-state index contributed by atoms with van der Waals surface area (Å²) in [6, 6.07) is 11.2. The fourth-order valence-electron chi connectivity index (χ4n) is 3.04. The minimum Gasteiger partial charge on any atom is -0.312 e. The molecule has 4 heteroatoms. The van der Waals surface area contributed by atoms with Crippen LogP contribution in [0.4, 0.5) is 0 Å². The topological polar surface area (TPSA) is 24.9 Å². The van der Waals surface area contributed by atoms with Gasteiger partial charge in [-0.3, -0.25) is 4.98 Å². The third-order valence-corrected chi connectivity index (χ3v) is 7.47. The average Bonchev–Trinajstić information content (AvgIpc) is 2.56. The number of thioether (sulfide) groups is 2. The molecule has 112 valence electrons. The molecular formula is C17H22N2S2. The summed E-state index contributed by atoms with van der Waals surface area (Å²) in [5, 5.41) is 6.15. The van der Waals surface area contributed by atoms with Crippen LogP contribution in [-0.2, 0) is 0 Å². The first-order valence-corrected chi connectivity index (χ1v) is 9.68. The number of nitrogens with one attached hydrogen (secondary N) is 1. The predicted molar refractivity (Wildman–Crippen MR) is 96.3 cm³/mol. The average molecular weight is 319 g/mol. The Bertz CT molecular complexity index is 602. The molecule has 0 saturated carbocycles. The van der Waals surface area contributed by atoms with Crippen LogP contribution in [0.2, 0.25) is 0 Å². The van der Waals surface area contributed by atoms with E-state index in [4.69, 9.17) is 0 Å². The van der Waals surface area contributed by atoms with Gasteiger partial charge < -0.3 is 5.32 Å². The number of aromatic nitrogens is 1. The molecule has 1 saturated heterocycles. The van der Waals surface area contributed by atoms with E-state index in [1.807, 2.05) is 12.3 Å². The zero-order chi connectivity index (χ0) is 14.7. The lowest BCUT2D eigenvalue weighted by atomic mass is 9.99. The van der Waals surface area contributed by atoms with Crippen LogP contribution in [0.25, 0.3) is 10.9 Å². The molecule has 2 heterocycles. The van der Waals surface area contributed by atoms with Crippen molar-refractivity contribution in [2.24, 2.45) is 0 Å². The molecule has 1 N–H and O–H groups in total. The van der Waals surface area contributed by atoms with E-state index in [1.54, 1.807) is 0 Å². The molecule has 0 spiro atoms. The summed E-state index contributed by atoms with van der Waals surface area (Å²) in [5.74, 6) is 2.55. The van der Waals surface area contributed by atoms with Gasteiger partial charge in [0.2, 0.25) is 0 Å². The molecule has 1 aliphatic heterocycles. The minimum atomic E-state index is 0.402. The number of benzene rings is 1. The van der Waals surface area contributed by atoms with Crippen molar-refractivity contribution < 1.29 is 0 Å². The van der Waals surface area contributed by atoms with E-state index in [1.165, 1.54) is 28.9 Å². The third kappa shape index (κ3) is 3.22. The van der Waals surface area contributed by atoms with Gasteiger partial charge in [-0.1, -0.05) is 25.1 Å². The molecule has 1 aromatic heterocycles. The first-order chi connectivity index (χ1) is 10.3. The summed E-state index contributed by atoms with van der Waals surface area (Å²) < 4.78 is 0. The van der Waals surface area contributed by atoms with Crippen LogP contribution in [0.15, 0.2) is 36.5 Å². The molecule has 1 aromatic carbocycles. The monoisotopic (exact) mass is 318 g/mol. The van der Waals surface area contributed by atoms with Crippen LogP contribution < -0.4 is 5.32 Å². The van der Waals surface area contributed by atoms with Crippen molar-refractivity contribution in [1.82, 2.24) is 10.3 Å². The molecule has 3 rings (SSSR count). The zero-order valence-corrected chi connectivity index (χ0v) is 14.2. The van der Waals surface area contributed by atoms with E-state index in [2.05, 4.69) is 72.1 Å². The second-order valence-electron chi connectivity index (χ2n) is 5.37. The number of hydrogen-bond acceptors (Lipinski definition) is 4. The maximum Gasteiger partial charge on any atom is 0.0705 e. The number of nitrogens with zero attached hydrogens (tertiary/aromatic N) is 1. The summed E-state index contributed by atoms with van der Waals surface area (Å²) in [7, 11) is 2.08. The van der Waals surface area contributed by atoms with E-state index in [9.17, 15) is 0 Å². The van der Waals surface area contributed by atoms with E-state index >= 15 is 0 Å². The summed E-state index contributed by atoms with van der Waals surface area (Å²) in [6.07, 6.45) is 3.12. The number of fused-ring (bicyclic) bond motifs is 1. The highest BCUT2D eigenvalue weighted by atomic mass is 32.2. The van der Waals surface area contributed by atoms with Crippen molar-refractivity contribution >= 4 is 34.4 Å². The second-order valence-corrected chi connectivity index (χ2v) is 8.01. The first kappa shape index (κ1) is 15.2. The predicted octanol–water partition coefficient (Wildman–Crippen LogP) is 4.12. The van der Waals surface area contributed by atoms with E-state index in [-0.39, 0.29) is 0 Å². The smallest absolute Gasteiger partial charge is 0.0705 e. The molecule has 1 aliphatic rings. The first-order valence-electron chi connectivity index (χ1n) is 7.58. The Morgan fingerprint density at radius 2 is 2.14 bits per heavy atom. The molecule has 3 atom stereocenters. The van der Waals surface area contributed by atoms with Crippen molar-refractivity contribution in [3.63, 3.8) is 0 Å². The summed E-state index contributed by atoms with van der Waals surface area (Å²) in [6.45, 7) is 2.31. The molecular weight excluding hydrogens is 296 g/mol. The van der Waals surface area contributed by atoms with Crippen LogP contribution in [0.3, 0.4) is 0 Å². The molecule has 1 fully saturated rings. The fraction of sp³-hybridized carbons (Fsp3) is 0.471. The van der Waals surface area contributed by atoms with Gasteiger partial charge in [-0.2, -0.15) is 23.5 Å². The molecule has 3 unspecified atom stereocenters. The Morgan fingerprint density at radius 1 is 1.29 bits per heavy atom. The van der Waals surface area contributed by atoms with Gasteiger partial charge in [-0.15, -0.1) is 0 Å². The molecule has 0 radical (unpaired) electrons. The van der Waals surface area contributed by atoms with Gasteiger partial charge in [0.25, 0.3) is 0 Å². The van der Waals surface area contributed by atoms with Crippen LogP contribution in [0.1, 0.15) is 24.9 Å². The van der Waals surface area contributed by atoms with Gasteiger partial charge in [0.1, 0.15) is 0 Å². The Labute approximate surface area is 135 Å². The molecule has 0 amide bonds.